The van der Waals surface area contributed by atoms with Gasteiger partial charge in [-0.25, -0.2) is 0 Å². The average molecular weight is 367 g/mol. The SMILES string of the molecule is CCC(C(=O)NCC(N)(CC)CC)c1cccc(C(F)(F)F)c1.Cl. The van der Waals surface area contributed by atoms with Crippen molar-refractivity contribution in [2.24, 2.45) is 5.73 Å². The molecule has 0 aromatic heterocycles. The smallest absolute Gasteiger partial charge is 0.354 e. The Kier molecular flexibility index (Phi) is 8.78. The molecule has 0 heterocycles. The molecule has 0 aliphatic carbocycles. The Hall–Kier alpha value is -1.27. The number of benzene rings is 1. The van der Waals surface area contributed by atoms with E-state index < -0.39 is 23.2 Å². The van der Waals surface area contributed by atoms with Crippen LogP contribution in [0.1, 0.15) is 57.1 Å². The summed E-state index contributed by atoms with van der Waals surface area (Å²) in [5, 5.41) is 2.79. The Morgan fingerprint density at radius 2 is 1.79 bits per heavy atom. The highest BCUT2D eigenvalue weighted by Crippen LogP contribution is 2.31. The van der Waals surface area contributed by atoms with E-state index in [2.05, 4.69) is 5.32 Å². The van der Waals surface area contributed by atoms with Crippen molar-refractivity contribution in [2.75, 3.05) is 6.54 Å². The highest BCUT2D eigenvalue weighted by atomic mass is 35.5. The lowest BCUT2D eigenvalue weighted by molar-refractivity contribution is -0.137. The van der Waals surface area contributed by atoms with Gasteiger partial charge in [0.2, 0.25) is 5.91 Å². The number of rotatable bonds is 7. The van der Waals surface area contributed by atoms with Crippen LogP contribution >= 0.6 is 12.4 Å². The van der Waals surface area contributed by atoms with Gasteiger partial charge in [-0.1, -0.05) is 39.0 Å². The van der Waals surface area contributed by atoms with Crippen molar-refractivity contribution >= 4 is 18.3 Å². The van der Waals surface area contributed by atoms with Gasteiger partial charge in [0, 0.05) is 12.1 Å². The molecule has 0 aliphatic rings. The van der Waals surface area contributed by atoms with Gasteiger partial charge in [-0.15, -0.1) is 12.4 Å². The second kappa shape index (κ2) is 9.28. The zero-order valence-electron chi connectivity index (χ0n) is 14.2. The molecule has 1 aromatic carbocycles. The molecule has 138 valence electrons. The molecule has 7 heteroatoms. The van der Waals surface area contributed by atoms with Crippen molar-refractivity contribution in [3.63, 3.8) is 0 Å². The van der Waals surface area contributed by atoms with Gasteiger partial charge >= 0.3 is 6.18 Å². The second-order valence-corrected chi connectivity index (χ2v) is 5.87. The van der Waals surface area contributed by atoms with E-state index in [1.165, 1.54) is 6.07 Å². The van der Waals surface area contributed by atoms with Crippen molar-refractivity contribution in [2.45, 2.75) is 57.7 Å². The van der Waals surface area contributed by atoms with Gasteiger partial charge in [-0.2, -0.15) is 13.2 Å². The number of halogens is 4. The van der Waals surface area contributed by atoms with E-state index in [4.69, 9.17) is 5.73 Å². The van der Waals surface area contributed by atoms with Gasteiger partial charge in [-0.05, 0) is 30.9 Å². The Balaban J connectivity index is 0.00000529. The molecule has 0 saturated carbocycles. The van der Waals surface area contributed by atoms with E-state index in [-0.39, 0.29) is 18.3 Å². The maximum atomic E-state index is 12.8. The quantitative estimate of drug-likeness (QED) is 0.757. The van der Waals surface area contributed by atoms with Crippen molar-refractivity contribution in [3.8, 4) is 0 Å². The van der Waals surface area contributed by atoms with Gasteiger partial charge < -0.3 is 11.1 Å². The number of hydrogen-bond donors (Lipinski definition) is 2. The molecular weight excluding hydrogens is 341 g/mol. The van der Waals surface area contributed by atoms with Crippen molar-refractivity contribution in [1.29, 1.82) is 0 Å². The fourth-order valence-electron chi connectivity index (χ4n) is 2.39. The van der Waals surface area contributed by atoms with Crippen LogP contribution in [0, 0.1) is 0 Å². The summed E-state index contributed by atoms with van der Waals surface area (Å²) in [5.41, 5.74) is 5.29. The van der Waals surface area contributed by atoms with E-state index >= 15 is 0 Å². The third-order valence-corrected chi connectivity index (χ3v) is 4.36. The lowest BCUT2D eigenvalue weighted by Crippen LogP contribution is -2.50. The number of carbonyl (C=O) groups excluding carboxylic acids is 1. The maximum Gasteiger partial charge on any atom is 0.416 e. The van der Waals surface area contributed by atoms with Gasteiger partial charge in [0.25, 0.3) is 0 Å². The minimum atomic E-state index is -4.42. The average Bonchev–Trinajstić information content (AvgIpc) is 2.53. The molecule has 0 aliphatic heterocycles. The molecule has 0 bridgehead atoms. The summed E-state index contributed by atoms with van der Waals surface area (Å²) in [6.07, 6.45) is -2.57. The fourth-order valence-corrected chi connectivity index (χ4v) is 2.39. The summed E-state index contributed by atoms with van der Waals surface area (Å²) in [5.74, 6) is -0.904. The first kappa shape index (κ1) is 22.7. The Bertz CT molecular complexity index is 531. The van der Waals surface area contributed by atoms with Crippen LogP contribution < -0.4 is 11.1 Å². The van der Waals surface area contributed by atoms with E-state index in [0.29, 0.717) is 31.4 Å². The van der Waals surface area contributed by atoms with Crippen LogP contribution in [-0.4, -0.2) is 18.0 Å². The van der Waals surface area contributed by atoms with Crippen LogP contribution in [0.25, 0.3) is 0 Å². The Morgan fingerprint density at radius 1 is 1.21 bits per heavy atom. The molecule has 1 aromatic rings. The predicted molar refractivity (Wildman–Crippen MR) is 92.2 cm³/mol. The predicted octanol–water partition coefficient (Wildman–Crippen LogP) is 4.25. The zero-order chi connectivity index (χ0) is 17.7. The number of alkyl halides is 3. The number of nitrogens with one attached hydrogen (secondary N) is 1. The largest absolute Gasteiger partial charge is 0.416 e. The second-order valence-electron chi connectivity index (χ2n) is 5.87. The van der Waals surface area contributed by atoms with Crippen LogP contribution in [0.15, 0.2) is 24.3 Å². The number of hydrogen-bond acceptors (Lipinski definition) is 2. The summed E-state index contributed by atoms with van der Waals surface area (Å²) in [7, 11) is 0. The molecule has 1 unspecified atom stereocenters. The molecule has 3 N–H and O–H groups in total. The van der Waals surface area contributed by atoms with Gasteiger partial charge in [0.1, 0.15) is 0 Å². The third-order valence-electron chi connectivity index (χ3n) is 4.36. The van der Waals surface area contributed by atoms with Crippen LogP contribution in [0.5, 0.6) is 0 Å². The summed E-state index contributed by atoms with van der Waals surface area (Å²) < 4.78 is 38.4. The summed E-state index contributed by atoms with van der Waals surface area (Å²) in [4.78, 5) is 12.4. The Morgan fingerprint density at radius 3 is 2.25 bits per heavy atom. The monoisotopic (exact) mass is 366 g/mol. The highest BCUT2D eigenvalue weighted by Gasteiger charge is 2.32. The minimum absolute atomic E-state index is 0. The third kappa shape index (κ3) is 5.98. The molecule has 3 nitrogen and oxygen atoms in total. The van der Waals surface area contributed by atoms with Crippen LogP contribution in [-0.2, 0) is 11.0 Å². The topological polar surface area (TPSA) is 55.1 Å². The van der Waals surface area contributed by atoms with Crippen molar-refractivity contribution in [1.82, 2.24) is 5.32 Å². The first-order valence-corrected chi connectivity index (χ1v) is 7.90. The van der Waals surface area contributed by atoms with E-state index in [9.17, 15) is 18.0 Å². The van der Waals surface area contributed by atoms with Crippen molar-refractivity contribution < 1.29 is 18.0 Å². The molecule has 0 radical (unpaired) electrons. The number of carbonyl (C=O) groups is 1. The normalized spacial score (nSPS) is 13.1. The highest BCUT2D eigenvalue weighted by molar-refractivity contribution is 5.85. The van der Waals surface area contributed by atoms with E-state index in [1.807, 2.05) is 13.8 Å². The van der Waals surface area contributed by atoms with Crippen molar-refractivity contribution in [3.05, 3.63) is 35.4 Å². The lowest BCUT2D eigenvalue weighted by atomic mass is 9.91. The van der Waals surface area contributed by atoms with Gasteiger partial charge in [-0.3, -0.25) is 4.79 Å². The summed E-state index contributed by atoms with van der Waals surface area (Å²) in [6.45, 7) is 5.98. The molecule has 0 spiro atoms. The van der Waals surface area contributed by atoms with Gasteiger partial charge in [0.05, 0.1) is 11.5 Å². The van der Waals surface area contributed by atoms with Crippen LogP contribution in [0.2, 0.25) is 0 Å². The summed E-state index contributed by atoms with van der Waals surface area (Å²) >= 11 is 0. The minimum Gasteiger partial charge on any atom is -0.354 e. The maximum absolute atomic E-state index is 12.8. The molecule has 24 heavy (non-hydrogen) atoms. The molecule has 1 rings (SSSR count). The number of nitrogens with two attached hydrogens (primary N) is 1. The van der Waals surface area contributed by atoms with Crippen LogP contribution in [0.4, 0.5) is 13.2 Å². The molecular formula is C17H26ClF3N2O. The lowest BCUT2D eigenvalue weighted by Gasteiger charge is -2.28. The van der Waals surface area contributed by atoms with Crippen LogP contribution in [0.3, 0.4) is 0 Å². The van der Waals surface area contributed by atoms with E-state index in [0.717, 1.165) is 12.1 Å². The van der Waals surface area contributed by atoms with E-state index in [1.54, 1.807) is 13.0 Å². The van der Waals surface area contributed by atoms with Gasteiger partial charge in [0.15, 0.2) is 0 Å². The molecule has 0 fully saturated rings. The molecule has 0 saturated heterocycles. The first-order valence-electron chi connectivity index (χ1n) is 7.90. The molecule has 1 amide bonds. The zero-order valence-corrected chi connectivity index (χ0v) is 15.1. The number of amides is 1. The molecule has 1 atom stereocenters. The summed E-state index contributed by atoms with van der Waals surface area (Å²) in [6, 6.07) is 4.94. The fraction of sp³-hybridized carbons (Fsp3) is 0.588. The first-order chi connectivity index (χ1) is 10.7. The Labute approximate surface area is 147 Å². The standard InChI is InChI=1S/C17H25F3N2O.ClH/c1-4-14(15(23)22-11-16(21,5-2)6-3)12-8-7-9-13(10-12)17(18,19)20;/h7-10,14H,4-6,11,21H2,1-3H3,(H,22,23);1H.